The van der Waals surface area contributed by atoms with Crippen molar-refractivity contribution in [2.45, 2.75) is 143 Å². The second kappa shape index (κ2) is 10.7. The number of rotatable bonds is 4. The van der Waals surface area contributed by atoms with Gasteiger partial charge in [0.2, 0.25) is 0 Å². The van der Waals surface area contributed by atoms with Crippen LogP contribution in [0.4, 0.5) is 9.59 Å². The Morgan fingerprint density at radius 2 is 1.60 bits per heavy atom. The zero-order chi connectivity index (χ0) is 30.8. The topological polar surface area (TPSA) is 88.5 Å². The molecule has 0 aromatic carbocycles. The smallest absolute Gasteiger partial charge is 0.410 e. The lowest BCUT2D eigenvalue weighted by Gasteiger charge is -2.59. The first-order valence-electron chi connectivity index (χ1n) is 18.1. The average molecular weight is 629 g/mol. The average Bonchev–Trinajstić information content (AvgIpc) is 3.50. The van der Waals surface area contributed by atoms with Crippen molar-refractivity contribution in [3.63, 3.8) is 0 Å². The highest BCUT2D eigenvalue weighted by atomic mass is 16.6. The van der Waals surface area contributed by atoms with E-state index in [1.807, 2.05) is 4.90 Å². The quantitative estimate of drug-likeness (QED) is 0.365. The molecule has 0 aromatic rings. The summed E-state index contributed by atoms with van der Waals surface area (Å²) in [5.41, 5.74) is 1.16. The Bertz CT molecular complexity index is 1180. The van der Waals surface area contributed by atoms with Crippen LogP contribution in [0.25, 0.3) is 0 Å². The summed E-state index contributed by atoms with van der Waals surface area (Å²) in [4.78, 5) is 29.1. The van der Waals surface area contributed by atoms with Crippen molar-refractivity contribution in [3.8, 4) is 0 Å². The second-order valence-corrected chi connectivity index (χ2v) is 17.7. The van der Waals surface area contributed by atoms with E-state index in [-0.39, 0.29) is 55.4 Å². The first-order valence-corrected chi connectivity index (χ1v) is 18.1. The Kier molecular flexibility index (Phi) is 7.64. The van der Waals surface area contributed by atoms with E-state index in [1.165, 1.54) is 51.4 Å². The number of aliphatic hydroxyl groups excluding tert-OH is 1. The van der Waals surface area contributed by atoms with Crippen LogP contribution in [-0.4, -0.2) is 83.8 Å². The summed E-state index contributed by atoms with van der Waals surface area (Å²) >= 11 is 0. The number of likely N-dealkylation sites (tertiary alicyclic amines) is 2. The van der Waals surface area contributed by atoms with E-state index in [1.54, 1.807) is 4.90 Å². The molecule has 8 aliphatic rings. The van der Waals surface area contributed by atoms with Gasteiger partial charge in [-0.05, 0) is 116 Å². The number of carbonyl (C=O) groups is 2. The number of ether oxygens (including phenoxy) is 3. The number of fused-ring (bicyclic) bond motifs is 4. The van der Waals surface area contributed by atoms with E-state index in [2.05, 4.69) is 34.6 Å². The fourth-order valence-corrected chi connectivity index (χ4v) is 12.8. The zero-order valence-corrected chi connectivity index (χ0v) is 27.8. The molecule has 8 rings (SSSR count). The lowest BCUT2D eigenvalue weighted by atomic mass is 9.46. The van der Waals surface area contributed by atoms with Crippen LogP contribution in [0.15, 0.2) is 0 Å². The summed E-state index contributed by atoms with van der Waals surface area (Å²) in [6.07, 6.45) is 12.4. The molecule has 0 radical (unpaired) electrons. The summed E-state index contributed by atoms with van der Waals surface area (Å²) in [7, 11) is 0. The highest BCUT2D eigenvalue weighted by Crippen LogP contribution is 2.87. The van der Waals surface area contributed by atoms with Crippen molar-refractivity contribution in [2.24, 2.45) is 51.2 Å². The Balaban J connectivity index is 0.00000325. The molecule has 5 saturated carbocycles. The molecule has 45 heavy (non-hydrogen) atoms. The molecular weight excluding hydrogens is 568 g/mol. The number of amides is 2. The van der Waals surface area contributed by atoms with Gasteiger partial charge in [0.1, 0.15) is 12.2 Å². The van der Waals surface area contributed by atoms with Gasteiger partial charge in [-0.2, -0.15) is 0 Å². The standard InChI is InChI=1S/C36H56N2O6.CH4/c1-21(2)30(44-31(40)37-15-6-16-37)26-9-7-24-27(42-26)17-25-23-8-10-28-33(3,4)29(43-32(41)38-18-22(39)19-38)11-12-36(28)20-35(23,36)14-13-34(24,25)5;/h21-30,39H,6-20H2,1-5H3;1H4. The molecular formula is C37H60N2O6. The van der Waals surface area contributed by atoms with Gasteiger partial charge in [0.05, 0.1) is 31.4 Å². The van der Waals surface area contributed by atoms with Crippen LogP contribution in [0.1, 0.15) is 113 Å². The third-order valence-corrected chi connectivity index (χ3v) is 15.3. The Morgan fingerprint density at radius 1 is 0.867 bits per heavy atom. The van der Waals surface area contributed by atoms with Crippen LogP contribution in [-0.2, 0) is 14.2 Å². The van der Waals surface area contributed by atoms with E-state index in [0.717, 1.165) is 38.3 Å². The highest BCUT2D eigenvalue weighted by molar-refractivity contribution is 5.69. The van der Waals surface area contributed by atoms with E-state index < -0.39 is 6.10 Å². The van der Waals surface area contributed by atoms with Gasteiger partial charge in [-0.25, -0.2) is 9.59 Å². The SMILES string of the molecule is C.CC(C)C(OC(=O)N1CCC1)C1CCC2C(CC3C4CCC5C(C)(C)C(OC(=O)N6CC(O)C6)CCC56CC46CCC23C)O1. The largest absolute Gasteiger partial charge is 0.446 e. The van der Waals surface area contributed by atoms with Crippen molar-refractivity contribution in [2.75, 3.05) is 26.2 Å². The van der Waals surface area contributed by atoms with Crippen LogP contribution >= 0.6 is 0 Å². The van der Waals surface area contributed by atoms with Gasteiger partial charge in [0.15, 0.2) is 0 Å². The number of carbonyl (C=O) groups excluding carboxylic acids is 2. The Labute approximate surface area is 271 Å². The molecule has 8 heteroatoms. The first kappa shape index (κ1) is 32.0. The highest BCUT2D eigenvalue weighted by Gasteiger charge is 2.81. The van der Waals surface area contributed by atoms with Gasteiger partial charge in [-0.15, -0.1) is 0 Å². The molecule has 8 fully saturated rings. The number of nitrogens with zero attached hydrogens (tertiary/aromatic N) is 2. The number of hydrogen-bond acceptors (Lipinski definition) is 6. The minimum Gasteiger partial charge on any atom is -0.446 e. The Hall–Kier alpha value is -1.54. The monoisotopic (exact) mass is 628 g/mol. The van der Waals surface area contributed by atoms with E-state index in [9.17, 15) is 14.7 Å². The predicted molar refractivity (Wildman–Crippen MR) is 171 cm³/mol. The summed E-state index contributed by atoms with van der Waals surface area (Å²) < 4.78 is 19.3. The molecule has 0 aromatic heterocycles. The van der Waals surface area contributed by atoms with Gasteiger partial charge in [-0.1, -0.05) is 42.0 Å². The van der Waals surface area contributed by atoms with Crippen molar-refractivity contribution in [3.05, 3.63) is 0 Å². The van der Waals surface area contributed by atoms with Crippen molar-refractivity contribution in [1.29, 1.82) is 0 Å². The summed E-state index contributed by atoms with van der Waals surface area (Å²) in [5, 5.41) is 9.67. The van der Waals surface area contributed by atoms with Crippen molar-refractivity contribution >= 4 is 12.2 Å². The molecule has 0 bridgehead atoms. The van der Waals surface area contributed by atoms with Crippen LogP contribution in [0, 0.1) is 51.2 Å². The van der Waals surface area contributed by atoms with Crippen molar-refractivity contribution in [1.82, 2.24) is 9.80 Å². The zero-order valence-electron chi connectivity index (χ0n) is 27.8. The molecule has 5 aliphatic carbocycles. The molecule has 2 spiro atoms. The van der Waals surface area contributed by atoms with E-state index in [4.69, 9.17) is 14.2 Å². The van der Waals surface area contributed by atoms with Gasteiger partial charge in [0, 0.05) is 18.5 Å². The first-order chi connectivity index (χ1) is 20.9. The number of aliphatic hydroxyl groups is 1. The maximum absolute atomic E-state index is 12.8. The van der Waals surface area contributed by atoms with Crippen LogP contribution < -0.4 is 0 Å². The third-order valence-electron chi connectivity index (χ3n) is 15.3. The second-order valence-electron chi connectivity index (χ2n) is 17.7. The van der Waals surface area contributed by atoms with Crippen LogP contribution in [0.5, 0.6) is 0 Å². The molecule has 1 N–H and O–H groups in total. The normalized spacial score (nSPS) is 46.5. The fraction of sp³-hybridized carbons (Fsp3) is 0.946. The van der Waals surface area contributed by atoms with Gasteiger partial charge in [0.25, 0.3) is 0 Å². The maximum Gasteiger partial charge on any atom is 0.410 e. The number of hydrogen-bond donors (Lipinski definition) is 1. The minimum absolute atomic E-state index is 0. The van der Waals surface area contributed by atoms with Crippen molar-refractivity contribution < 1.29 is 28.9 Å². The molecule has 11 atom stereocenters. The summed E-state index contributed by atoms with van der Waals surface area (Å²) in [6.45, 7) is 14.1. The van der Waals surface area contributed by atoms with E-state index in [0.29, 0.717) is 47.1 Å². The predicted octanol–water partition coefficient (Wildman–Crippen LogP) is 6.88. The molecule has 11 unspecified atom stereocenters. The summed E-state index contributed by atoms with van der Waals surface area (Å²) in [5.74, 6) is 2.93. The molecule has 3 heterocycles. The molecule has 3 saturated heterocycles. The molecule has 3 aliphatic heterocycles. The minimum atomic E-state index is -0.399. The molecule has 2 amide bonds. The van der Waals surface area contributed by atoms with Crippen LogP contribution in [0.3, 0.4) is 0 Å². The number of β-amino-alcohol motifs (C(OH)–C–C–N with tert-alkyl or cyclic N) is 1. The molecule has 254 valence electrons. The van der Waals surface area contributed by atoms with Gasteiger partial charge in [-0.3, -0.25) is 0 Å². The van der Waals surface area contributed by atoms with Gasteiger partial charge >= 0.3 is 12.2 Å². The lowest BCUT2D eigenvalue weighted by molar-refractivity contribution is -0.152. The molecule has 8 nitrogen and oxygen atoms in total. The van der Waals surface area contributed by atoms with Gasteiger partial charge < -0.3 is 29.1 Å². The lowest BCUT2D eigenvalue weighted by Crippen LogP contribution is -2.57. The fourth-order valence-electron chi connectivity index (χ4n) is 12.8. The van der Waals surface area contributed by atoms with Crippen LogP contribution in [0.2, 0.25) is 0 Å². The summed E-state index contributed by atoms with van der Waals surface area (Å²) in [6, 6.07) is 0. The third kappa shape index (κ3) is 4.49. The van der Waals surface area contributed by atoms with E-state index >= 15 is 0 Å². The Morgan fingerprint density at radius 3 is 2.27 bits per heavy atom. The maximum atomic E-state index is 12.8.